The van der Waals surface area contributed by atoms with E-state index in [1.54, 1.807) is 11.0 Å². The molecule has 8 nitrogen and oxygen atoms in total. The molecule has 3 aromatic carbocycles. The predicted octanol–water partition coefficient (Wildman–Crippen LogP) is 5.92. The van der Waals surface area contributed by atoms with Gasteiger partial charge in [-0.15, -0.1) is 0 Å². The van der Waals surface area contributed by atoms with Crippen LogP contribution in [0.3, 0.4) is 0 Å². The summed E-state index contributed by atoms with van der Waals surface area (Å²) in [5.41, 5.74) is 2.75. The van der Waals surface area contributed by atoms with Crippen molar-refractivity contribution >= 4 is 54.2 Å². The quantitative estimate of drug-likeness (QED) is 0.231. The summed E-state index contributed by atoms with van der Waals surface area (Å²) in [6, 6.07) is 22.8. The fourth-order valence-electron chi connectivity index (χ4n) is 3.97. The van der Waals surface area contributed by atoms with E-state index in [2.05, 4.69) is 0 Å². The summed E-state index contributed by atoms with van der Waals surface area (Å²) in [4.78, 5) is 20.1. The second kappa shape index (κ2) is 12.4. The van der Waals surface area contributed by atoms with Gasteiger partial charge < -0.3 is 0 Å². The van der Waals surface area contributed by atoms with E-state index in [1.807, 2.05) is 55.5 Å². The Morgan fingerprint density at radius 3 is 2.23 bits per heavy atom. The number of hydrogen-bond acceptors (Lipinski definition) is 7. The van der Waals surface area contributed by atoms with Crippen molar-refractivity contribution in [3.05, 3.63) is 88.4 Å². The molecule has 0 saturated heterocycles. The number of thiazole rings is 1. The van der Waals surface area contributed by atoms with E-state index in [-0.39, 0.29) is 43.3 Å². The first-order valence-corrected chi connectivity index (χ1v) is 14.6. The minimum atomic E-state index is -3.95. The predicted molar refractivity (Wildman–Crippen MR) is 152 cm³/mol. The number of aryl methyl sites for hydroxylation is 1. The van der Waals surface area contributed by atoms with Crippen LogP contribution in [0.25, 0.3) is 10.2 Å². The van der Waals surface area contributed by atoms with E-state index in [9.17, 15) is 13.2 Å². The van der Waals surface area contributed by atoms with Crippen molar-refractivity contribution in [3.8, 4) is 12.1 Å². The Morgan fingerprint density at radius 2 is 1.62 bits per heavy atom. The van der Waals surface area contributed by atoms with Crippen LogP contribution in [0.4, 0.5) is 5.13 Å². The maximum absolute atomic E-state index is 13.8. The van der Waals surface area contributed by atoms with Crippen molar-refractivity contribution < 1.29 is 13.2 Å². The standard InChI is InChI=1S/C28H24ClN5O3S2/c1-20-24(29)13-14-25-26(20)32-28(38-25)34(19-21-7-3-2-4-8-21)27(35)22-9-11-23(12-10-22)39(36,37)33(17-5-15-30)18-6-16-31/h2-4,7-14H,5-6,17-19H2,1H3. The van der Waals surface area contributed by atoms with Crippen LogP contribution in [0.5, 0.6) is 0 Å². The van der Waals surface area contributed by atoms with Crippen LogP contribution in [-0.2, 0) is 16.6 Å². The molecule has 0 aliphatic rings. The Bertz CT molecular complexity index is 1660. The summed E-state index contributed by atoms with van der Waals surface area (Å²) in [6.07, 6.45) is 0.00502. The molecule has 1 amide bonds. The van der Waals surface area contributed by atoms with E-state index in [1.165, 1.54) is 35.6 Å². The van der Waals surface area contributed by atoms with Gasteiger partial charge in [-0.2, -0.15) is 14.8 Å². The van der Waals surface area contributed by atoms with Crippen LogP contribution in [0.1, 0.15) is 34.3 Å². The summed E-state index contributed by atoms with van der Waals surface area (Å²) < 4.78 is 28.4. The first-order chi connectivity index (χ1) is 18.8. The number of sulfonamides is 1. The highest BCUT2D eigenvalue weighted by Crippen LogP contribution is 2.35. The average Bonchev–Trinajstić information content (AvgIpc) is 3.39. The Kier molecular flexibility index (Phi) is 8.95. The number of fused-ring (bicyclic) bond motifs is 1. The van der Waals surface area contributed by atoms with Crippen LogP contribution in [0, 0.1) is 29.6 Å². The maximum atomic E-state index is 13.8. The topological polar surface area (TPSA) is 118 Å². The van der Waals surface area contributed by atoms with Gasteiger partial charge in [0.2, 0.25) is 10.0 Å². The Morgan fingerprint density at radius 1 is 0.974 bits per heavy atom. The summed E-state index contributed by atoms with van der Waals surface area (Å²) >= 11 is 7.67. The Hall–Kier alpha value is -3.80. The molecule has 39 heavy (non-hydrogen) atoms. The minimum Gasteiger partial charge on any atom is -0.279 e. The zero-order valence-corrected chi connectivity index (χ0v) is 23.4. The van der Waals surface area contributed by atoms with E-state index in [0.717, 1.165) is 25.6 Å². The zero-order chi connectivity index (χ0) is 28.0. The third kappa shape index (κ3) is 6.27. The van der Waals surface area contributed by atoms with Crippen molar-refractivity contribution in [2.24, 2.45) is 0 Å². The first-order valence-electron chi connectivity index (χ1n) is 12.0. The van der Waals surface area contributed by atoms with Gasteiger partial charge in [0.05, 0.1) is 33.8 Å². The maximum Gasteiger partial charge on any atom is 0.260 e. The third-order valence-electron chi connectivity index (χ3n) is 6.08. The van der Waals surface area contributed by atoms with Crippen molar-refractivity contribution in [1.82, 2.24) is 9.29 Å². The average molecular weight is 578 g/mol. The van der Waals surface area contributed by atoms with E-state index < -0.39 is 10.0 Å². The summed E-state index contributed by atoms with van der Waals surface area (Å²) in [7, 11) is -3.95. The Balaban J connectivity index is 1.68. The van der Waals surface area contributed by atoms with Gasteiger partial charge in [-0.25, -0.2) is 13.4 Å². The number of carbonyl (C=O) groups excluding carboxylic acids is 1. The highest BCUT2D eigenvalue weighted by atomic mass is 35.5. The largest absolute Gasteiger partial charge is 0.279 e. The number of carbonyl (C=O) groups is 1. The molecular weight excluding hydrogens is 554 g/mol. The molecule has 4 aromatic rings. The second-order valence-corrected chi connectivity index (χ2v) is 12.0. The third-order valence-corrected chi connectivity index (χ3v) is 9.45. The molecule has 198 valence electrons. The van der Waals surface area contributed by atoms with Gasteiger partial charge in [-0.3, -0.25) is 9.69 Å². The number of halogens is 1. The van der Waals surface area contributed by atoms with Crippen LogP contribution in [0.2, 0.25) is 5.02 Å². The number of nitriles is 2. The highest BCUT2D eigenvalue weighted by Gasteiger charge is 2.26. The molecule has 1 heterocycles. The molecule has 0 atom stereocenters. The minimum absolute atomic E-state index is 0.00251. The fourth-order valence-corrected chi connectivity index (χ4v) is 6.59. The number of aromatic nitrogens is 1. The van der Waals surface area contributed by atoms with E-state index in [0.29, 0.717) is 15.7 Å². The number of hydrogen-bond donors (Lipinski definition) is 0. The molecule has 1 aromatic heterocycles. The fraction of sp³-hybridized carbons (Fsp3) is 0.214. The van der Waals surface area contributed by atoms with Crippen LogP contribution < -0.4 is 4.90 Å². The van der Waals surface area contributed by atoms with Crippen molar-refractivity contribution in [2.75, 3.05) is 18.0 Å². The summed E-state index contributed by atoms with van der Waals surface area (Å²) in [5, 5.41) is 18.9. The second-order valence-electron chi connectivity index (χ2n) is 8.64. The van der Waals surface area contributed by atoms with Crippen LogP contribution in [0.15, 0.2) is 71.6 Å². The molecule has 0 unspecified atom stereocenters. The molecular formula is C28H24ClN5O3S2. The van der Waals surface area contributed by atoms with Gasteiger partial charge in [-0.05, 0) is 54.4 Å². The molecule has 4 rings (SSSR count). The van der Waals surface area contributed by atoms with Gasteiger partial charge in [0.25, 0.3) is 5.91 Å². The Labute approximate surface area is 236 Å². The highest BCUT2D eigenvalue weighted by molar-refractivity contribution is 7.89. The lowest BCUT2D eigenvalue weighted by atomic mass is 10.1. The van der Waals surface area contributed by atoms with Crippen molar-refractivity contribution in [2.45, 2.75) is 31.2 Å². The van der Waals surface area contributed by atoms with Gasteiger partial charge >= 0.3 is 0 Å². The lowest BCUT2D eigenvalue weighted by Crippen LogP contribution is -2.33. The number of benzene rings is 3. The van der Waals surface area contributed by atoms with E-state index in [4.69, 9.17) is 27.1 Å². The van der Waals surface area contributed by atoms with E-state index >= 15 is 0 Å². The number of amides is 1. The number of anilines is 1. The SMILES string of the molecule is Cc1c(Cl)ccc2sc(N(Cc3ccccc3)C(=O)c3ccc(S(=O)(=O)N(CCC#N)CCC#N)cc3)nc12. The number of nitrogens with zero attached hydrogens (tertiary/aromatic N) is 5. The summed E-state index contributed by atoms with van der Waals surface area (Å²) in [6.45, 7) is 2.11. The van der Waals surface area contributed by atoms with Gasteiger partial charge in [0.15, 0.2) is 5.13 Å². The molecule has 0 saturated carbocycles. The normalized spacial score (nSPS) is 11.3. The molecule has 0 spiro atoms. The molecule has 0 aliphatic carbocycles. The van der Waals surface area contributed by atoms with Crippen molar-refractivity contribution in [1.29, 1.82) is 10.5 Å². The van der Waals surface area contributed by atoms with Crippen LogP contribution in [-0.4, -0.2) is 36.7 Å². The zero-order valence-electron chi connectivity index (χ0n) is 21.0. The summed E-state index contributed by atoms with van der Waals surface area (Å²) in [5.74, 6) is -0.337. The smallest absolute Gasteiger partial charge is 0.260 e. The van der Waals surface area contributed by atoms with Gasteiger partial charge in [-0.1, -0.05) is 53.3 Å². The number of rotatable bonds is 10. The lowest BCUT2D eigenvalue weighted by molar-refractivity contribution is 0.0985. The molecule has 0 bridgehead atoms. The molecule has 0 radical (unpaired) electrons. The molecule has 11 heteroatoms. The first kappa shape index (κ1) is 28.2. The monoisotopic (exact) mass is 577 g/mol. The molecule has 0 fully saturated rings. The molecule has 0 aliphatic heterocycles. The van der Waals surface area contributed by atoms with Crippen molar-refractivity contribution in [3.63, 3.8) is 0 Å². The lowest BCUT2D eigenvalue weighted by Gasteiger charge is -2.21. The molecule has 0 N–H and O–H groups in total. The van der Waals surface area contributed by atoms with Crippen LogP contribution >= 0.6 is 22.9 Å². The van der Waals surface area contributed by atoms with Gasteiger partial charge in [0.1, 0.15) is 0 Å². The van der Waals surface area contributed by atoms with Gasteiger partial charge in [0, 0.05) is 36.5 Å².